The molecule has 0 aliphatic heterocycles. The molecule has 0 unspecified atom stereocenters. The molecule has 0 amide bonds. The zero-order chi connectivity index (χ0) is 30.2. The summed E-state index contributed by atoms with van der Waals surface area (Å²) < 4.78 is 11.8. The van der Waals surface area contributed by atoms with Crippen LogP contribution in [0.25, 0.3) is 0 Å². The minimum Gasteiger partial charge on any atom is -0.493 e. The summed E-state index contributed by atoms with van der Waals surface area (Å²) in [6.07, 6.45) is 1.22. The molecule has 0 spiro atoms. The van der Waals surface area contributed by atoms with Gasteiger partial charge in [0, 0.05) is 35.2 Å². The lowest BCUT2D eigenvalue weighted by atomic mass is 9.76. The molecule has 1 atom stereocenters. The molecule has 0 saturated heterocycles. The Kier molecular flexibility index (Phi) is 10.4. The Morgan fingerprint density at radius 2 is 1.51 bits per heavy atom. The van der Waals surface area contributed by atoms with E-state index in [4.69, 9.17) is 9.47 Å². The second kappa shape index (κ2) is 13.6. The number of carbonyl (C=O) groups excluding carboxylic acids is 2. The summed E-state index contributed by atoms with van der Waals surface area (Å²) in [7, 11) is 0. The Bertz CT molecular complexity index is 1350. The predicted molar refractivity (Wildman–Crippen MR) is 161 cm³/mol. The second-order valence-electron chi connectivity index (χ2n) is 11.6. The molecule has 0 radical (unpaired) electrons. The molecule has 0 saturated carbocycles. The molecule has 0 aromatic heterocycles. The Labute approximate surface area is 243 Å². The summed E-state index contributed by atoms with van der Waals surface area (Å²) in [6, 6.07) is 20.4. The number of rotatable bonds is 14. The van der Waals surface area contributed by atoms with Crippen molar-refractivity contribution in [1.82, 2.24) is 0 Å². The normalized spacial score (nSPS) is 12.4. The smallest absolute Gasteiger partial charge is 0.306 e. The molecule has 7 heteroatoms. The number of non-ortho nitro benzene ring substituents is 1. The summed E-state index contributed by atoms with van der Waals surface area (Å²) >= 11 is 0. The van der Waals surface area contributed by atoms with E-state index in [0.717, 1.165) is 24.2 Å². The summed E-state index contributed by atoms with van der Waals surface area (Å²) in [6.45, 7) is 13.6. The molecule has 0 aliphatic rings. The fourth-order valence-corrected chi connectivity index (χ4v) is 4.39. The topological polar surface area (TPSA) is 95.7 Å². The zero-order valence-electron chi connectivity index (χ0n) is 24.9. The molecule has 41 heavy (non-hydrogen) atoms. The van der Waals surface area contributed by atoms with Crippen molar-refractivity contribution in [3.63, 3.8) is 0 Å². The van der Waals surface area contributed by atoms with E-state index in [1.54, 1.807) is 30.3 Å². The van der Waals surface area contributed by atoms with E-state index in [0.29, 0.717) is 24.2 Å². The maximum atomic E-state index is 13.3. The number of ether oxygens (including phenoxy) is 2. The fourth-order valence-electron chi connectivity index (χ4n) is 4.39. The van der Waals surface area contributed by atoms with Gasteiger partial charge < -0.3 is 9.47 Å². The van der Waals surface area contributed by atoms with Crippen LogP contribution < -0.4 is 4.74 Å². The second-order valence-corrected chi connectivity index (χ2v) is 11.6. The highest BCUT2D eigenvalue weighted by Gasteiger charge is 2.28. The van der Waals surface area contributed by atoms with Crippen LogP contribution in [-0.2, 0) is 20.4 Å². The standard InChI is InChI=1S/C34H41NO6/c1-7-33(3,4)26-18-21-29(28(23-26)34(5,6)8-2)40-22-12-15-30(36)41-32(31(37)24-13-10-9-11-14-24)25-16-19-27(20-17-25)35(38)39/h9-11,13-14,16-21,23,32H,7-8,12,15,22H2,1-6H3/t32-/m0/s1. The lowest BCUT2D eigenvalue weighted by Gasteiger charge is -2.30. The summed E-state index contributed by atoms with van der Waals surface area (Å²) in [5.41, 5.74) is 3.03. The van der Waals surface area contributed by atoms with Gasteiger partial charge in [0.05, 0.1) is 11.5 Å². The minimum absolute atomic E-state index is 0.0538. The van der Waals surface area contributed by atoms with Gasteiger partial charge in [-0.3, -0.25) is 19.7 Å². The Morgan fingerprint density at radius 3 is 2.10 bits per heavy atom. The van der Waals surface area contributed by atoms with Gasteiger partial charge in [0.2, 0.25) is 5.78 Å². The number of nitrogens with zero attached hydrogens (tertiary/aromatic N) is 1. The van der Waals surface area contributed by atoms with E-state index in [1.165, 1.54) is 29.8 Å². The maximum absolute atomic E-state index is 13.3. The zero-order valence-corrected chi connectivity index (χ0v) is 24.9. The largest absolute Gasteiger partial charge is 0.493 e. The maximum Gasteiger partial charge on any atom is 0.306 e. The van der Waals surface area contributed by atoms with Crippen LogP contribution in [0.1, 0.15) is 100 Å². The molecular weight excluding hydrogens is 518 g/mol. The van der Waals surface area contributed by atoms with Crippen molar-refractivity contribution in [2.75, 3.05) is 6.61 Å². The SMILES string of the molecule is CCC(C)(C)c1ccc(OCCCC(=O)O[C@H](C(=O)c2ccccc2)c2ccc([N+](=O)[O-])cc2)c(C(C)(C)CC)c1. The monoisotopic (exact) mass is 559 g/mol. The number of Topliss-reactive ketones (excluding diaryl/α,β-unsaturated/α-hetero) is 1. The number of esters is 1. The van der Waals surface area contributed by atoms with Crippen molar-refractivity contribution in [2.24, 2.45) is 0 Å². The molecule has 0 aliphatic carbocycles. The first-order valence-corrected chi connectivity index (χ1v) is 14.2. The molecule has 3 rings (SSSR count). The van der Waals surface area contributed by atoms with Gasteiger partial charge in [0.15, 0.2) is 6.10 Å². The number of hydrogen-bond donors (Lipinski definition) is 0. The highest BCUT2D eigenvalue weighted by molar-refractivity contribution is 6.01. The Hall–Kier alpha value is -4.00. The molecule has 3 aromatic carbocycles. The summed E-state index contributed by atoms with van der Waals surface area (Å²) in [5, 5.41) is 11.1. The van der Waals surface area contributed by atoms with Crippen LogP contribution in [-0.4, -0.2) is 23.3 Å². The van der Waals surface area contributed by atoms with Crippen molar-refractivity contribution < 1.29 is 24.0 Å². The molecule has 3 aromatic rings. The van der Waals surface area contributed by atoms with Crippen molar-refractivity contribution in [1.29, 1.82) is 0 Å². The van der Waals surface area contributed by atoms with Gasteiger partial charge in [-0.2, -0.15) is 0 Å². The number of carbonyl (C=O) groups is 2. The quantitative estimate of drug-likeness (QED) is 0.0648. The van der Waals surface area contributed by atoms with E-state index in [-0.39, 0.29) is 22.9 Å². The molecule has 0 fully saturated rings. The lowest BCUT2D eigenvalue weighted by Crippen LogP contribution is -2.22. The van der Waals surface area contributed by atoms with Gasteiger partial charge in [-0.15, -0.1) is 0 Å². The van der Waals surface area contributed by atoms with E-state index in [9.17, 15) is 19.7 Å². The van der Waals surface area contributed by atoms with Crippen LogP contribution in [0.2, 0.25) is 0 Å². The summed E-state index contributed by atoms with van der Waals surface area (Å²) in [5.74, 6) is -0.134. The highest BCUT2D eigenvalue weighted by Crippen LogP contribution is 2.38. The van der Waals surface area contributed by atoms with Crippen LogP contribution in [0.3, 0.4) is 0 Å². The third kappa shape index (κ3) is 8.03. The van der Waals surface area contributed by atoms with E-state index >= 15 is 0 Å². The van der Waals surface area contributed by atoms with E-state index in [2.05, 4.69) is 53.7 Å². The van der Waals surface area contributed by atoms with Crippen LogP contribution in [0.4, 0.5) is 5.69 Å². The molecule has 0 N–H and O–H groups in total. The molecular formula is C34H41NO6. The minimum atomic E-state index is -1.21. The molecule has 0 heterocycles. The van der Waals surface area contributed by atoms with Crippen molar-refractivity contribution in [3.05, 3.63) is 105 Å². The van der Waals surface area contributed by atoms with Crippen LogP contribution in [0, 0.1) is 10.1 Å². The molecule has 7 nitrogen and oxygen atoms in total. The van der Waals surface area contributed by atoms with Gasteiger partial charge in [-0.05, 0) is 53.9 Å². The van der Waals surface area contributed by atoms with Crippen molar-refractivity contribution in [3.8, 4) is 5.75 Å². The average Bonchev–Trinajstić information content (AvgIpc) is 2.98. The average molecular weight is 560 g/mol. The molecule has 0 bridgehead atoms. The lowest BCUT2D eigenvalue weighted by molar-refractivity contribution is -0.384. The van der Waals surface area contributed by atoms with Gasteiger partial charge in [-0.1, -0.05) is 84.0 Å². The third-order valence-electron chi connectivity index (χ3n) is 7.99. The number of ketones is 1. The van der Waals surface area contributed by atoms with Crippen LogP contribution in [0.15, 0.2) is 72.8 Å². The Balaban J connectivity index is 1.70. The third-order valence-corrected chi connectivity index (χ3v) is 7.99. The van der Waals surface area contributed by atoms with Gasteiger partial charge >= 0.3 is 5.97 Å². The first-order valence-electron chi connectivity index (χ1n) is 14.2. The first-order chi connectivity index (χ1) is 19.4. The van der Waals surface area contributed by atoms with Crippen molar-refractivity contribution in [2.45, 2.75) is 84.2 Å². The first kappa shape index (κ1) is 31.5. The number of hydrogen-bond acceptors (Lipinski definition) is 6. The molecule has 218 valence electrons. The predicted octanol–water partition coefficient (Wildman–Crippen LogP) is 8.30. The Morgan fingerprint density at radius 1 is 0.878 bits per heavy atom. The number of nitro benzene ring substituents is 1. The van der Waals surface area contributed by atoms with Gasteiger partial charge in [0.25, 0.3) is 5.69 Å². The van der Waals surface area contributed by atoms with E-state index in [1.807, 2.05) is 6.07 Å². The highest BCUT2D eigenvalue weighted by atomic mass is 16.6. The van der Waals surface area contributed by atoms with Crippen LogP contribution in [0.5, 0.6) is 5.75 Å². The number of benzene rings is 3. The fraction of sp³-hybridized carbons (Fsp3) is 0.412. The van der Waals surface area contributed by atoms with Crippen LogP contribution >= 0.6 is 0 Å². The summed E-state index contributed by atoms with van der Waals surface area (Å²) in [4.78, 5) is 36.7. The van der Waals surface area contributed by atoms with Gasteiger partial charge in [0.1, 0.15) is 5.75 Å². The number of nitro groups is 1. The van der Waals surface area contributed by atoms with E-state index < -0.39 is 22.8 Å². The van der Waals surface area contributed by atoms with Gasteiger partial charge in [-0.25, -0.2) is 0 Å². The van der Waals surface area contributed by atoms with Crippen molar-refractivity contribution >= 4 is 17.4 Å².